The summed E-state index contributed by atoms with van der Waals surface area (Å²) >= 11 is 3.40. The van der Waals surface area contributed by atoms with Crippen LogP contribution in [0.4, 0.5) is 11.5 Å². The van der Waals surface area contributed by atoms with E-state index in [1.165, 1.54) is 16.0 Å². The van der Waals surface area contributed by atoms with Crippen molar-refractivity contribution in [2.45, 2.75) is 18.7 Å². The molecule has 0 amide bonds. The average Bonchev–Trinajstić information content (AvgIpc) is 3.20. The van der Waals surface area contributed by atoms with Crippen LogP contribution < -0.4 is 5.32 Å². The monoisotopic (exact) mass is 365 g/mol. The van der Waals surface area contributed by atoms with E-state index < -0.39 is 0 Å². The van der Waals surface area contributed by atoms with Gasteiger partial charge in [-0.3, -0.25) is 4.40 Å². The molecule has 2 heterocycles. The summed E-state index contributed by atoms with van der Waals surface area (Å²) in [4.78, 5) is 7.12. The Morgan fingerprint density at radius 2 is 1.76 bits per heavy atom. The normalized spacial score (nSPS) is 11.2. The summed E-state index contributed by atoms with van der Waals surface area (Å²) in [5.74, 6) is 1.02. The molecule has 2 aromatic carbocycles. The predicted molar refractivity (Wildman–Crippen MR) is 109 cm³/mol. The van der Waals surface area contributed by atoms with Crippen molar-refractivity contribution in [2.24, 2.45) is 0 Å². The number of nitrogens with zero attached hydrogens (tertiary/aromatic N) is 2. The number of anilines is 2. The van der Waals surface area contributed by atoms with Crippen molar-refractivity contribution < 1.29 is 0 Å². The number of fused-ring (bicyclic) bond motifs is 1. The lowest BCUT2D eigenvalue weighted by atomic mass is 10.1. The second-order valence-corrected chi connectivity index (χ2v) is 7.74. The number of aryl methyl sites for hydroxylation is 2. The summed E-state index contributed by atoms with van der Waals surface area (Å²) in [6, 6.07) is 14.9. The fourth-order valence-electron chi connectivity index (χ4n) is 2.99. The first-order chi connectivity index (χ1) is 12.2. The highest BCUT2D eigenvalue weighted by Crippen LogP contribution is 2.35. The van der Waals surface area contributed by atoms with Crippen LogP contribution in [0.2, 0.25) is 0 Å². The van der Waals surface area contributed by atoms with E-state index in [1.807, 2.05) is 0 Å². The molecule has 25 heavy (non-hydrogen) atoms. The smallest absolute Gasteiger partial charge is 0.195 e. The Bertz CT molecular complexity index is 1010. The number of hydrogen-bond acceptors (Lipinski definition) is 4. The summed E-state index contributed by atoms with van der Waals surface area (Å²) in [6.45, 7) is 4.27. The molecule has 4 rings (SSSR count). The molecule has 0 radical (unpaired) electrons. The maximum atomic E-state index is 4.87. The van der Waals surface area contributed by atoms with Crippen molar-refractivity contribution in [3.05, 3.63) is 65.2 Å². The number of thioether (sulfide) groups is 1. The van der Waals surface area contributed by atoms with Gasteiger partial charge in [-0.2, -0.15) is 0 Å². The standard InChI is InChI=1S/C20H19N3S2/c1-13-5-4-6-14(2)17(13)21-19-18(22-20-23(19)11-12-25-20)15-7-9-16(24-3)10-8-15/h4-12,21H,1-3H3. The highest BCUT2D eigenvalue weighted by atomic mass is 32.2. The predicted octanol–water partition coefficient (Wildman–Crippen LogP) is 6.15. The molecule has 0 aliphatic heterocycles. The third kappa shape index (κ3) is 2.94. The second kappa shape index (κ2) is 6.58. The van der Waals surface area contributed by atoms with Crippen molar-refractivity contribution in [1.29, 1.82) is 0 Å². The summed E-state index contributed by atoms with van der Waals surface area (Å²) in [7, 11) is 0. The van der Waals surface area contributed by atoms with Crippen molar-refractivity contribution >= 4 is 39.6 Å². The molecule has 3 nitrogen and oxygen atoms in total. The number of imidazole rings is 1. The lowest BCUT2D eigenvalue weighted by Gasteiger charge is -2.13. The van der Waals surface area contributed by atoms with Gasteiger partial charge in [-0.1, -0.05) is 30.3 Å². The van der Waals surface area contributed by atoms with E-state index in [0.29, 0.717) is 0 Å². The van der Waals surface area contributed by atoms with Crippen LogP contribution in [0.15, 0.2) is 58.9 Å². The minimum absolute atomic E-state index is 0.988. The Morgan fingerprint density at radius 1 is 1.04 bits per heavy atom. The van der Waals surface area contributed by atoms with Crippen LogP contribution in [0.1, 0.15) is 11.1 Å². The number of hydrogen-bond donors (Lipinski definition) is 1. The van der Waals surface area contributed by atoms with E-state index in [-0.39, 0.29) is 0 Å². The Morgan fingerprint density at radius 3 is 2.44 bits per heavy atom. The number of para-hydroxylation sites is 1. The summed E-state index contributed by atoms with van der Waals surface area (Å²) in [5.41, 5.74) is 5.73. The van der Waals surface area contributed by atoms with Crippen LogP contribution in [0.5, 0.6) is 0 Å². The van der Waals surface area contributed by atoms with Crippen molar-refractivity contribution in [1.82, 2.24) is 9.38 Å². The van der Waals surface area contributed by atoms with E-state index in [4.69, 9.17) is 4.98 Å². The summed E-state index contributed by atoms with van der Waals surface area (Å²) < 4.78 is 2.13. The highest BCUT2D eigenvalue weighted by Gasteiger charge is 2.16. The minimum Gasteiger partial charge on any atom is -0.339 e. The Hall–Kier alpha value is -2.24. The van der Waals surface area contributed by atoms with Gasteiger partial charge in [-0.05, 0) is 43.4 Å². The number of benzene rings is 2. The van der Waals surface area contributed by atoms with E-state index in [2.05, 4.69) is 83.9 Å². The first-order valence-electron chi connectivity index (χ1n) is 8.10. The average molecular weight is 366 g/mol. The van der Waals surface area contributed by atoms with Crippen LogP contribution in [-0.2, 0) is 0 Å². The van der Waals surface area contributed by atoms with Gasteiger partial charge in [0.2, 0.25) is 0 Å². The molecule has 0 atom stereocenters. The molecule has 0 spiro atoms. The zero-order valence-corrected chi connectivity index (χ0v) is 16.0. The minimum atomic E-state index is 0.988. The number of nitrogens with one attached hydrogen (secondary N) is 1. The van der Waals surface area contributed by atoms with E-state index in [0.717, 1.165) is 27.7 Å². The molecule has 0 unspecified atom stereocenters. The first kappa shape index (κ1) is 16.2. The number of aromatic nitrogens is 2. The quantitative estimate of drug-likeness (QED) is 0.440. The van der Waals surface area contributed by atoms with Crippen LogP contribution >= 0.6 is 23.1 Å². The van der Waals surface area contributed by atoms with E-state index >= 15 is 0 Å². The Balaban J connectivity index is 1.85. The molecule has 126 valence electrons. The molecule has 0 saturated carbocycles. The Kier molecular flexibility index (Phi) is 4.27. The number of rotatable bonds is 4. The number of thiazole rings is 1. The van der Waals surface area contributed by atoms with Crippen LogP contribution in [-0.4, -0.2) is 15.6 Å². The zero-order valence-electron chi connectivity index (χ0n) is 14.4. The first-order valence-corrected chi connectivity index (χ1v) is 10.2. The molecule has 0 aliphatic carbocycles. The van der Waals surface area contributed by atoms with Gasteiger partial charge in [-0.25, -0.2) is 4.98 Å². The molecule has 1 N–H and O–H groups in total. The van der Waals surface area contributed by atoms with Gasteiger partial charge in [0.1, 0.15) is 11.5 Å². The van der Waals surface area contributed by atoms with Gasteiger partial charge >= 0.3 is 0 Å². The van der Waals surface area contributed by atoms with Gasteiger partial charge in [0.05, 0.1) is 0 Å². The van der Waals surface area contributed by atoms with Gasteiger partial charge in [0.25, 0.3) is 0 Å². The largest absolute Gasteiger partial charge is 0.339 e. The second-order valence-electron chi connectivity index (χ2n) is 5.98. The maximum absolute atomic E-state index is 4.87. The summed E-state index contributed by atoms with van der Waals surface area (Å²) in [6.07, 6.45) is 4.16. The maximum Gasteiger partial charge on any atom is 0.195 e. The fraction of sp³-hybridized carbons (Fsp3) is 0.150. The van der Waals surface area contributed by atoms with E-state index in [1.54, 1.807) is 23.1 Å². The van der Waals surface area contributed by atoms with Gasteiger partial charge in [-0.15, -0.1) is 23.1 Å². The lowest BCUT2D eigenvalue weighted by Crippen LogP contribution is -2.00. The third-order valence-electron chi connectivity index (χ3n) is 4.35. The molecular weight excluding hydrogens is 346 g/mol. The van der Waals surface area contributed by atoms with Crippen molar-refractivity contribution in [3.8, 4) is 11.3 Å². The molecule has 0 saturated heterocycles. The third-order valence-corrected chi connectivity index (χ3v) is 5.85. The highest BCUT2D eigenvalue weighted by molar-refractivity contribution is 7.98. The van der Waals surface area contributed by atoms with Crippen LogP contribution in [0, 0.1) is 13.8 Å². The molecule has 0 aliphatic rings. The summed E-state index contributed by atoms with van der Waals surface area (Å²) in [5, 5.41) is 5.72. The van der Waals surface area contributed by atoms with Gasteiger partial charge < -0.3 is 5.32 Å². The Labute approximate surface area is 155 Å². The molecular formula is C20H19N3S2. The SMILES string of the molecule is CSc1ccc(-c2nc3sccn3c2Nc2c(C)cccc2C)cc1. The van der Waals surface area contributed by atoms with Crippen LogP contribution in [0.3, 0.4) is 0 Å². The van der Waals surface area contributed by atoms with E-state index in [9.17, 15) is 0 Å². The van der Waals surface area contributed by atoms with Crippen molar-refractivity contribution in [2.75, 3.05) is 11.6 Å². The van der Waals surface area contributed by atoms with Gasteiger partial charge in [0.15, 0.2) is 4.96 Å². The van der Waals surface area contributed by atoms with Crippen LogP contribution in [0.25, 0.3) is 16.2 Å². The lowest BCUT2D eigenvalue weighted by molar-refractivity contribution is 1.22. The van der Waals surface area contributed by atoms with Crippen molar-refractivity contribution in [3.63, 3.8) is 0 Å². The molecule has 0 fully saturated rings. The fourth-order valence-corrected chi connectivity index (χ4v) is 4.11. The molecule has 0 bridgehead atoms. The topological polar surface area (TPSA) is 29.3 Å². The molecule has 4 aromatic rings. The van der Waals surface area contributed by atoms with Gasteiger partial charge in [0, 0.05) is 27.7 Å². The molecule has 5 heteroatoms. The zero-order chi connectivity index (χ0) is 17.4. The molecule has 2 aromatic heterocycles.